The van der Waals surface area contributed by atoms with Gasteiger partial charge in [0.2, 0.25) is 5.95 Å². The Hall–Kier alpha value is -8.23. The zero-order valence-electron chi connectivity index (χ0n) is 29.3. The second-order valence-electron chi connectivity index (χ2n) is 11.5. The summed E-state index contributed by atoms with van der Waals surface area (Å²) in [4.78, 5) is 59.7. The van der Waals surface area contributed by atoms with Crippen molar-refractivity contribution in [3.8, 4) is 17.7 Å². The van der Waals surface area contributed by atoms with Crippen LogP contribution in [0, 0.1) is 18.3 Å². The van der Waals surface area contributed by atoms with E-state index in [1.807, 2.05) is 6.07 Å². The second kappa shape index (κ2) is 15.6. The molecule has 0 fully saturated rings. The SMILES string of the molecule is CSc1nn(-c2cc(C(=O)O)cc(C(=O)O)c2)c(N=Nc2c(C)nn(-c3nc(Nc4ccc(C(=O)O)cc4)nc(N(N)c4ccc(C(=O)O)cc4)n3)c2N)c1C#N. The van der Waals surface area contributed by atoms with Crippen molar-refractivity contribution in [2.24, 2.45) is 16.1 Å². The van der Waals surface area contributed by atoms with Gasteiger partial charge in [-0.25, -0.2) is 34.7 Å². The molecule has 0 bridgehead atoms. The fourth-order valence-electron chi connectivity index (χ4n) is 5.11. The minimum atomic E-state index is -1.40. The molecule has 0 radical (unpaired) electrons. The molecule has 23 heteroatoms. The molecular formula is C34H26N14O8S. The minimum Gasteiger partial charge on any atom is -0.478 e. The van der Waals surface area contributed by atoms with E-state index in [-0.39, 0.29) is 85.1 Å². The third-order valence-electron chi connectivity index (χ3n) is 7.90. The van der Waals surface area contributed by atoms with Gasteiger partial charge in [-0.05, 0) is 79.9 Å². The number of azo groups is 1. The number of nitrogens with one attached hydrogen (secondary N) is 1. The molecule has 0 spiro atoms. The number of aryl methyl sites for hydroxylation is 1. The number of hydrazine groups is 1. The van der Waals surface area contributed by atoms with Crippen molar-refractivity contribution >= 4 is 76.2 Å². The third-order valence-corrected chi connectivity index (χ3v) is 8.57. The first kappa shape index (κ1) is 38.5. The fraction of sp³-hybridized carbons (Fsp3) is 0.0588. The summed E-state index contributed by atoms with van der Waals surface area (Å²) >= 11 is 1.08. The van der Waals surface area contributed by atoms with E-state index in [0.29, 0.717) is 5.69 Å². The number of nitrogen functional groups attached to an aromatic ring is 1. The molecule has 0 saturated heterocycles. The van der Waals surface area contributed by atoms with Gasteiger partial charge in [-0.1, -0.05) is 0 Å². The highest BCUT2D eigenvalue weighted by atomic mass is 32.2. The third kappa shape index (κ3) is 7.87. The lowest BCUT2D eigenvalue weighted by Crippen LogP contribution is -2.28. The van der Waals surface area contributed by atoms with Gasteiger partial charge >= 0.3 is 23.9 Å². The van der Waals surface area contributed by atoms with E-state index in [1.54, 1.807) is 6.26 Å². The number of nitrogens with zero attached hydrogens (tertiary/aromatic N) is 11. The number of carboxylic acid groups (broad SMARTS) is 4. The molecule has 0 unspecified atom stereocenters. The Labute approximate surface area is 323 Å². The number of anilines is 5. The Morgan fingerprint density at radius 2 is 1.39 bits per heavy atom. The smallest absolute Gasteiger partial charge is 0.335 e. The summed E-state index contributed by atoms with van der Waals surface area (Å²) < 4.78 is 2.18. The van der Waals surface area contributed by atoms with Gasteiger partial charge < -0.3 is 31.5 Å². The number of thioether (sulfide) groups is 1. The van der Waals surface area contributed by atoms with Crippen LogP contribution < -0.4 is 21.9 Å². The molecule has 3 aromatic heterocycles. The lowest BCUT2D eigenvalue weighted by Gasteiger charge is -2.18. The van der Waals surface area contributed by atoms with Gasteiger partial charge in [-0.2, -0.15) is 35.1 Å². The number of carboxylic acids is 4. The summed E-state index contributed by atoms with van der Waals surface area (Å²) in [5.41, 5.74) is 6.62. The van der Waals surface area contributed by atoms with Gasteiger partial charge in [0, 0.05) is 5.69 Å². The van der Waals surface area contributed by atoms with Crippen molar-refractivity contribution in [1.29, 1.82) is 5.26 Å². The van der Waals surface area contributed by atoms with Crippen LogP contribution in [0.2, 0.25) is 0 Å². The normalized spacial score (nSPS) is 11.0. The van der Waals surface area contributed by atoms with Crippen LogP contribution in [-0.4, -0.2) is 85.1 Å². The predicted octanol–water partition coefficient (Wildman–Crippen LogP) is 4.69. The molecular weight excluding hydrogens is 765 g/mol. The van der Waals surface area contributed by atoms with Gasteiger partial charge in [0.1, 0.15) is 16.7 Å². The molecule has 0 aliphatic rings. The molecule has 9 N–H and O–H groups in total. The van der Waals surface area contributed by atoms with E-state index in [0.717, 1.165) is 44.3 Å². The summed E-state index contributed by atoms with van der Waals surface area (Å²) in [5, 5.41) is 69.4. The number of hydrogen-bond donors (Lipinski definition) is 7. The van der Waals surface area contributed by atoms with Crippen LogP contribution in [0.3, 0.4) is 0 Å². The Bertz CT molecular complexity index is 2640. The van der Waals surface area contributed by atoms with Crippen molar-refractivity contribution in [1.82, 2.24) is 34.5 Å². The highest BCUT2D eigenvalue weighted by Gasteiger charge is 2.24. The molecule has 57 heavy (non-hydrogen) atoms. The topological polar surface area (TPSA) is 339 Å². The van der Waals surface area contributed by atoms with Gasteiger partial charge in [-0.15, -0.1) is 22.0 Å². The van der Waals surface area contributed by atoms with Crippen molar-refractivity contribution in [3.05, 3.63) is 100 Å². The minimum absolute atomic E-state index is 0.00513. The number of nitriles is 1. The molecule has 6 rings (SSSR count). The summed E-state index contributed by atoms with van der Waals surface area (Å²) in [6.45, 7) is 1.54. The maximum absolute atomic E-state index is 11.8. The van der Waals surface area contributed by atoms with Crippen LogP contribution in [0.15, 0.2) is 82.0 Å². The largest absolute Gasteiger partial charge is 0.478 e. The van der Waals surface area contributed by atoms with Gasteiger partial charge in [0.25, 0.3) is 11.9 Å². The Morgan fingerprint density at radius 1 is 0.807 bits per heavy atom. The van der Waals surface area contributed by atoms with Crippen LogP contribution in [0.1, 0.15) is 52.7 Å². The van der Waals surface area contributed by atoms with Crippen LogP contribution in [0.5, 0.6) is 0 Å². The van der Waals surface area contributed by atoms with Crippen molar-refractivity contribution < 1.29 is 39.6 Å². The first-order chi connectivity index (χ1) is 27.2. The average molecular weight is 791 g/mol. The fourth-order valence-corrected chi connectivity index (χ4v) is 5.62. The molecule has 0 saturated carbocycles. The van der Waals surface area contributed by atoms with E-state index >= 15 is 0 Å². The zero-order valence-corrected chi connectivity index (χ0v) is 30.1. The molecule has 0 amide bonds. The van der Waals surface area contributed by atoms with Crippen LogP contribution in [0.25, 0.3) is 11.6 Å². The van der Waals surface area contributed by atoms with Gasteiger partial charge in [-0.3, -0.25) is 0 Å². The number of carbonyl (C=O) groups is 4. The first-order valence-corrected chi connectivity index (χ1v) is 17.1. The summed E-state index contributed by atoms with van der Waals surface area (Å²) in [5.74, 6) is 0.517. The predicted molar refractivity (Wildman–Crippen MR) is 201 cm³/mol. The number of hydrogen-bond acceptors (Lipinski definition) is 17. The number of nitrogens with two attached hydrogens (primary N) is 2. The van der Waals surface area contributed by atoms with Gasteiger partial charge in [0.15, 0.2) is 17.3 Å². The number of benzene rings is 3. The Morgan fingerprint density at radius 3 is 1.93 bits per heavy atom. The molecule has 22 nitrogen and oxygen atoms in total. The number of rotatable bonds is 13. The highest BCUT2D eigenvalue weighted by molar-refractivity contribution is 7.98. The monoisotopic (exact) mass is 790 g/mol. The number of aromatic nitrogens is 7. The molecule has 3 aromatic carbocycles. The van der Waals surface area contributed by atoms with Crippen molar-refractivity contribution in [2.45, 2.75) is 11.9 Å². The van der Waals surface area contributed by atoms with Crippen LogP contribution >= 0.6 is 11.8 Å². The summed E-state index contributed by atoms with van der Waals surface area (Å²) in [7, 11) is 0. The quantitative estimate of drug-likeness (QED) is 0.0361. The Kier molecular flexibility index (Phi) is 10.6. The molecule has 0 atom stereocenters. The molecule has 0 aliphatic carbocycles. The molecule has 6 aromatic rings. The standard InChI is InChI=1S/C34H26N14O8S/c1-15-24(42-43-26-23(14-35)27(57-2)45-47(26)22-12-18(30(53)54)11-19(13-22)31(55)56)25(36)48(44-15)34-40-32(38-20-7-3-16(4-8-20)28(49)50)39-33(41-34)46(37)21-9-5-17(6-10-21)29(51)52/h3-13H,36-37H2,1-2H3,(H,49,50)(H,51,52)(H,53,54)(H,55,56)(H,38,39,40,41). The maximum Gasteiger partial charge on any atom is 0.335 e. The van der Waals surface area contributed by atoms with Crippen molar-refractivity contribution in [2.75, 3.05) is 22.3 Å². The van der Waals surface area contributed by atoms with E-state index in [1.165, 1.54) is 55.5 Å². The maximum atomic E-state index is 11.8. The number of aromatic carboxylic acids is 4. The highest BCUT2D eigenvalue weighted by Crippen LogP contribution is 2.35. The second-order valence-corrected chi connectivity index (χ2v) is 12.3. The van der Waals surface area contributed by atoms with Crippen LogP contribution in [-0.2, 0) is 0 Å². The summed E-state index contributed by atoms with van der Waals surface area (Å²) in [6.07, 6.45) is 1.64. The van der Waals surface area contributed by atoms with Crippen LogP contribution in [0.4, 0.5) is 40.6 Å². The molecule has 0 aliphatic heterocycles. The van der Waals surface area contributed by atoms with E-state index in [2.05, 4.69) is 40.7 Å². The van der Waals surface area contributed by atoms with Crippen molar-refractivity contribution in [3.63, 3.8) is 0 Å². The lowest BCUT2D eigenvalue weighted by molar-refractivity contribution is 0.0680. The zero-order chi connectivity index (χ0) is 41.1. The summed E-state index contributed by atoms with van der Waals surface area (Å²) in [6, 6.07) is 16.5. The van der Waals surface area contributed by atoms with E-state index in [4.69, 9.17) is 11.6 Å². The molecule has 286 valence electrons. The molecule has 3 heterocycles. The van der Waals surface area contributed by atoms with E-state index in [9.17, 15) is 44.9 Å². The lowest BCUT2D eigenvalue weighted by atomic mass is 10.1. The van der Waals surface area contributed by atoms with Gasteiger partial charge in [0.05, 0.1) is 39.3 Å². The Balaban J connectivity index is 1.45. The van der Waals surface area contributed by atoms with E-state index < -0.39 is 23.9 Å². The first-order valence-electron chi connectivity index (χ1n) is 15.9. The average Bonchev–Trinajstić information content (AvgIpc) is 3.71.